The molecule has 1 aromatic carbocycles. The standard InChI is InChI=1S/C10H10ClF2NO2/c1-2-16-9(15)5-14-10-7(11)3-6(12)4-8(10)13/h3-4,14H,2,5H2,1H3. The van der Waals surface area contributed by atoms with Crippen LogP contribution in [0.2, 0.25) is 5.02 Å². The lowest BCUT2D eigenvalue weighted by atomic mass is 10.3. The van der Waals surface area contributed by atoms with Crippen LogP contribution in [0, 0.1) is 11.6 Å². The van der Waals surface area contributed by atoms with Crippen LogP contribution in [0.15, 0.2) is 12.1 Å². The summed E-state index contributed by atoms with van der Waals surface area (Å²) in [4.78, 5) is 11.0. The molecule has 0 aliphatic heterocycles. The Labute approximate surface area is 96.4 Å². The Bertz CT molecular complexity index is 375. The van der Waals surface area contributed by atoms with Crippen LogP contribution in [0.4, 0.5) is 14.5 Å². The van der Waals surface area contributed by atoms with E-state index in [2.05, 4.69) is 10.1 Å². The Morgan fingerprint density at radius 1 is 1.50 bits per heavy atom. The molecule has 0 bridgehead atoms. The Morgan fingerprint density at radius 3 is 2.75 bits per heavy atom. The minimum absolute atomic E-state index is 0.115. The molecule has 0 aromatic heterocycles. The number of ether oxygens (including phenoxy) is 1. The third-order valence-electron chi connectivity index (χ3n) is 1.72. The van der Waals surface area contributed by atoms with Gasteiger partial charge in [-0.3, -0.25) is 4.79 Å². The zero-order valence-electron chi connectivity index (χ0n) is 8.52. The van der Waals surface area contributed by atoms with Gasteiger partial charge in [-0.1, -0.05) is 11.6 Å². The molecule has 16 heavy (non-hydrogen) atoms. The lowest BCUT2D eigenvalue weighted by molar-refractivity contribution is -0.140. The maximum absolute atomic E-state index is 13.2. The third-order valence-corrected chi connectivity index (χ3v) is 2.02. The van der Waals surface area contributed by atoms with Crippen molar-refractivity contribution in [3.63, 3.8) is 0 Å². The van der Waals surface area contributed by atoms with Crippen molar-refractivity contribution >= 4 is 23.3 Å². The summed E-state index contributed by atoms with van der Waals surface area (Å²) in [7, 11) is 0. The number of carbonyl (C=O) groups excluding carboxylic acids is 1. The lowest BCUT2D eigenvalue weighted by Gasteiger charge is -2.08. The first kappa shape index (κ1) is 12.7. The minimum atomic E-state index is -0.853. The molecule has 0 atom stereocenters. The van der Waals surface area contributed by atoms with Gasteiger partial charge in [-0.05, 0) is 13.0 Å². The van der Waals surface area contributed by atoms with Crippen molar-refractivity contribution in [2.45, 2.75) is 6.92 Å². The van der Waals surface area contributed by atoms with Crippen molar-refractivity contribution in [1.82, 2.24) is 0 Å². The van der Waals surface area contributed by atoms with E-state index in [0.29, 0.717) is 6.07 Å². The summed E-state index contributed by atoms with van der Waals surface area (Å²) >= 11 is 5.60. The normalized spacial score (nSPS) is 10.0. The number of hydrogen-bond donors (Lipinski definition) is 1. The van der Waals surface area contributed by atoms with Crippen molar-refractivity contribution in [3.05, 3.63) is 28.8 Å². The van der Waals surface area contributed by atoms with Crippen LogP contribution in [0.5, 0.6) is 0 Å². The van der Waals surface area contributed by atoms with Gasteiger partial charge in [0, 0.05) is 6.07 Å². The highest BCUT2D eigenvalue weighted by Gasteiger charge is 2.11. The fourth-order valence-electron chi connectivity index (χ4n) is 1.08. The van der Waals surface area contributed by atoms with Gasteiger partial charge in [-0.25, -0.2) is 8.78 Å². The Morgan fingerprint density at radius 2 is 2.19 bits per heavy atom. The molecule has 0 heterocycles. The van der Waals surface area contributed by atoms with Crippen LogP contribution in [-0.2, 0) is 9.53 Å². The Balaban J connectivity index is 2.70. The van der Waals surface area contributed by atoms with E-state index in [4.69, 9.17) is 11.6 Å². The van der Waals surface area contributed by atoms with Crippen LogP contribution in [0.3, 0.4) is 0 Å². The molecular formula is C10H10ClF2NO2. The molecule has 0 radical (unpaired) electrons. The van der Waals surface area contributed by atoms with Crippen LogP contribution >= 0.6 is 11.6 Å². The van der Waals surface area contributed by atoms with Gasteiger partial charge in [-0.2, -0.15) is 0 Å². The average Bonchev–Trinajstić information content (AvgIpc) is 2.16. The van der Waals surface area contributed by atoms with E-state index in [9.17, 15) is 13.6 Å². The van der Waals surface area contributed by atoms with E-state index in [1.54, 1.807) is 6.92 Å². The van der Waals surface area contributed by atoms with E-state index in [1.807, 2.05) is 0 Å². The summed E-state index contributed by atoms with van der Waals surface area (Å²) in [6.07, 6.45) is 0. The second-order valence-corrected chi connectivity index (χ2v) is 3.31. The van der Waals surface area contributed by atoms with E-state index in [1.165, 1.54) is 0 Å². The first-order valence-electron chi connectivity index (χ1n) is 4.58. The van der Waals surface area contributed by atoms with Gasteiger partial charge in [0.25, 0.3) is 0 Å². The third kappa shape index (κ3) is 3.34. The molecule has 0 unspecified atom stereocenters. The van der Waals surface area contributed by atoms with Gasteiger partial charge >= 0.3 is 5.97 Å². The molecule has 0 aliphatic rings. The van der Waals surface area contributed by atoms with Crippen molar-refractivity contribution in [3.8, 4) is 0 Å². The predicted octanol–water partition coefficient (Wildman–Crippen LogP) is 2.59. The molecule has 3 nitrogen and oxygen atoms in total. The molecule has 88 valence electrons. The van der Waals surface area contributed by atoms with E-state index in [0.717, 1.165) is 6.07 Å². The molecule has 0 amide bonds. The van der Waals surface area contributed by atoms with Crippen LogP contribution in [0.1, 0.15) is 6.92 Å². The van der Waals surface area contributed by atoms with Crippen LogP contribution in [0.25, 0.3) is 0 Å². The van der Waals surface area contributed by atoms with E-state index < -0.39 is 17.6 Å². The van der Waals surface area contributed by atoms with Gasteiger partial charge in [0.1, 0.15) is 12.4 Å². The smallest absolute Gasteiger partial charge is 0.325 e. The summed E-state index contributed by atoms with van der Waals surface area (Å²) in [6, 6.07) is 1.64. The Kier molecular flexibility index (Phi) is 4.49. The number of rotatable bonds is 4. The maximum atomic E-state index is 13.2. The first-order valence-corrected chi connectivity index (χ1v) is 4.96. The summed E-state index contributed by atoms with van der Waals surface area (Å²) in [5, 5.41) is 2.32. The number of anilines is 1. The van der Waals surface area contributed by atoms with Gasteiger partial charge in [0.05, 0.1) is 17.3 Å². The molecular weight excluding hydrogens is 240 g/mol. The highest BCUT2D eigenvalue weighted by atomic mass is 35.5. The number of halogens is 3. The highest BCUT2D eigenvalue weighted by Crippen LogP contribution is 2.25. The highest BCUT2D eigenvalue weighted by molar-refractivity contribution is 6.33. The van der Waals surface area contributed by atoms with Crippen molar-refractivity contribution in [1.29, 1.82) is 0 Å². The molecule has 1 rings (SSSR count). The van der Waals surface area contributed by atoms with E-state index in [-0.39, 0.29) is 23.9 Å². The van der Waals surface area contributed by atoms with Gasteiger partial charge in [0.2, 0.25) is 0 Å². The molecule has 0 fully saturated rings. The summed E-state index contributed by atoms with van der Waals surface area (Å²) < 4.78 is 30.5. The molecule has 1 N–H and O–H groups in total. The predicted molar refractivity (Wildman–Crippen MR) is 56.5 cm³/mol. The molecule has 0 spiro atoms. The van der Waals surface area contributed by atoms with Crippen molar-refractivity contribution in [2.75, 3.05) is 18.5 Å². The molecule has 0 saturated heterocycles. The zero-order valence-corrected chi connectivity index (χ0v) is 9.28. The Hall–Kier alpha value is -1.36. The fourth-order valence-corrected chi connectivity index (χ4v) is 1.34. The topological polar surface area (TPSA) is 38.3 Å². The van der Waals surface area contributed by atoms with Gasteiger partial charge in [0.15, 0.2) is 5.82 Å². The largest absolute Gasteiger partial charge is 0.465 e. The van der Waals surface area contributed by atoms with Crippen LogP contribution < -0.4 is 5.32 Å². The summed E-state index contributed by atoms with van der Waals surface area (Å²) in [6.45, 7) is 1.67. The zero-order chi connectivity index (χ0) is 12.1. The summed E-state index contributed by atoms with van der Waals surface area (Å²) in [5.41, 5.74) is -0.115. The summed E-state index contributed by atoms with van der Waals surface area (Å²) in [5.74, 6) is -2.17. The molecule has 1 aromatic rings. The van der Waals surface area contributed by atoms with Crippen LogP contribution in [-0.4, -0.2) is 19.1 Å². The number of carbonyl (C=O) groups is 1. The molecule has 6 heteroatoms. The lowest BCUT2D eigenvalue weighted by Crippen LogP contribution is -2.17. The van der Waals surface area contributed by atoms with E-state index >= 15 is 0 Å². The second kappa shape index (κ2) is 5.65. The number of benzene rings is 1. The number of nitrogens with one attached hydrogen (secondary N) is 1. The first-order chi connectivity index (χ1) is 7.54. The SMILES string of the molecule is CCOC(=O)CNc1c(F)cc(F)cc1Cl. The molecule has 0 aliphatic carbocycles. The number of hydrogen-bond acceptors (Lipinski definition) is 3. The van der Waals surface area contributed by atoms with Gasteiger partial charge < -0.3 is 10.1 Å². The maximum Gasteiger partial charge on any atom is 0.325 e. The van der Waals surface area contributed by atoms with Crippen molar-refractivity contribution < 1.29 is 18.3 Å². The molecule has 0 saturated carbocycles. The second-order valence-electron chi connectivity index (χ2n) is 2.90. The van der Waals surface area contributed by atoms with Gasteiger partial charge in [-0.15, -0.1) is 0 Å². The monoisotopic (exact) mass is 249 g/mol. The van der Waals surface area contributed by atoms with Crippen molar-refractivity contribution in [2.24, 2.45) is 0 Å². The fraction of sp³-hybridized carbons (Fsp3) is 0.300. The minimum Gasteiger partial charge on any atom is -0.465 e. The quantitative estimate of drug-likeness (QED) is 0.834. The average molecular weight is 250 g/mol. The number of esters is 1.